The van der Waals surface area contributed by atoms with Gasteiger partial charge in [-0.1, -0.05) is 55.7 Å². The summed E-state index contributed by atoms with van der Waals surface area (Å²) in [6.07, 6.45) is 5.33. The van der Waals surface area contributed by atoms with E-state index in [0.717, 1.165) is 11.1 Å². The first-order valence-electron chi connectivity index (χ1n) is 6.35. The number of hydrogen-bond acceptors (Lipinski definition) is 3. The van der Waals surface area contributed by atoms with E-state index in [9.17, 15) is 4.79 Å². The lowest BCUT2D eigenvalue weighted by molar-refractivity contribution is -0.139. The smallest absolute Gasteiger partial charge is 0.333 e. The van der Waals surface area contributed by atoms with E-state index in [1.165, 1.54) is 0 Å². The molecule has 1 N–H and O–H groups in total. The average molecular weight is 274 g/mol. The van der Waals surface area contributed by atoms with Gasteiger partial charge in [-0.05, 0) is 25.0 Å². The van der Waals surface area contributed by atoms with Gasteiger partial charge in [0, 0.05) is 5.57 Å². The molecule has 0 amide bonds. The van der Waals surface area contributed by atoms with Crippen LogP contribution in [0.4, 0.5) is 0 Å². The molecule has 108 valence electrons. The van der Waals surface area contributed by atoms with Crippen LogP contribution in [0.3, 0.4) is 0 Å². The topological polar surface area (TPSA) is 46.5 Å². The van der Waals surface area contributed by atoms with Crippen LogP contribution in [0.5, 0.6) is 0 Å². The fourth-order valence-corrected chi connectivity index (χ4v) is 1.25. The zero-order chi connectivity index (χ0) is 15.4. The van der Waals surface area contributed by atoms with Gasteiger partial charge in [0.2, 0.25) is 0 Å². The lowest BCUT2D eigenvalue weighted by Gasteiger charge is -2.00. The van der Waals surface area contributed by atoms with Crippen molar-refractivity contribution in [3.05, 3.63) is 60.2 Å². The van der Waals surface area contributed by atoms with Crippen LogP contribution in [0.2, 0.25) is 0 Å². The van der Waals surface area contributed by atoms with Gasteiger partial charge >= 0.3 is 5.97 Å². The Kier molecular flexibility index (Phi) is 9.62. The Balaban J connectivity index is 0.000000361. The summed E-state index contributed by atoms with van der Waals surface area (Å²) < 4.78 is 4.59. The minimum atomic E-state index is -0.364. The summed E-state index contributed by atoms with van der Waals surface area (Å²) in [4.78, 5) is 10.7. The first-order valence-corrected chi connectivity index (χ1v) is 6.35. The van der Waals surface area contributed by atoms with Crippen molar-refractivity contribution in [2.24, 2.45) is 0 Å². The molecule has 20 heavy (non-hydrogen) atoms. The molecule has 0 spiro atoms. The normalized spacial score (nSPS) is 10.1. The Hall–Kier alpha value is -2.13. The van der Waals surface area contributed by atoms with E-state index in [1.807, 2.05) is 36.4 Å². The van der Waals surface area contributed by atoms with Crippen molar-refractivity contribution in [2.45, 2.75) is 13.8 Å². The van der Waals surface area contributed by atoms with Crippen molar-refractivity contribution < 1.29 is 14.6 Å². The van der Waals surface area contributed by atoms with Crippen LogP contribution in [-0.4, -0.2) is 24.3 Å². The van der Waals surface area contributed by atoms with Gasteiger partial charge in [0.1, 0.15) is 6.61 Å². The average Bonchev–Trinajstić information content (AvgIpc) is 2.52. The summed E-state index contributed by atoms with van der Waals surface area (Å²) in [7, 11) is 0. The molecule has 1 aromatic carbocycles. The van der Waals surface area contributed by atoms with Crippen LogP contribution in [-0.2, 0) is 9.53 Å². The molecule has 0 saturated carbocycles. The van der Waals surface area contributed by atoms with Crippen molar-refractivity contribution in [3.8, 4) is 0 Å². The first-order chi connectivity index (χ1) is 9.60. The highest BCUT2D eigenvalue weighted by Gasteiger charge is 2.01. The number of hydrogen-bond donors (Lipinski definition) is 1. The number of esters is 1. The monoisotopic (exact) mass is 274 g/mol. The molecule has 1 aromatic rings. The summed E-state index contributed by atoms with van der Waals surface area (Å²) in [6.45, 7) is 10.8. The molecule has 0 saturated heterocycles. The number of aliphatic hydroxyl groups is 1. The second kappa shape index (κ2) is 10.8. The van der Waals surface area contributed by atoms with E-state index in [0.29, 0.717) is 5.57 Å². The van der Waals surface area contributed by atoms with E-state index in [1.54, 1.807) is 19.9 Å². The zero-order valence-corrected chi connectivity index (χ0v) is 12.1. The standard InChI is InChI=1S/C10H10.C7H12O3/c1-3-9-7-5-6-8-10(9)4-2;1-3-6(2)7(9)10-5-4-8/h3-8H,1-2H2;3,8H,4-5H2,1-2H3. The molecular formula is C17H22O3. The Morgan fingerprint density at radius 1 is 1.25 bits per heavy atom. The highest BCUT2D eigenvalue weighted by molar-refractivity contribution is 5.87. The minimum absolute atomic E-state index is 0.0734. The third-order valence-corrected chi connectivity index (χ3v) is 2.52. The first kappa shape index (κ1) is 17.9. The molecule has 0 aliphatic heterocycles. The SMILES string of the molecule is C=Cc1ccccc1C=C.CC=C(C)C(=O)OCCO. The Morgan fingerprint density at radius 3 is 2.10 bits per heavy atom. The third-order valence-electron chi connectivity index (χ3n) is 2.52. The van der Waals surface area contributed by atoms with E-state index in [4.69, 9.17) is 5.11 Å². The van der Waals surface area contributed by atoms with Crippen molar-refractivity contribution in [2.75, 3.05) is 13.2 Å². The van der Waals surface area contributed by atoms with Gasteiger partial charge in [-0.2, -0.15) is 0 Å². The maximum Gasteiger partial charge on any atom is 0.333 e. The molecule has 0 aromatic heterocycles. The summed E-state index contributed by atoms with van der Waals surface area (Å²) in [5.41, 5.74) is 2.84. The Bertz CT molecular complexity index is 446. The maximum absolute atomic E-state index is 10.7. The fraction of sp³-hybridized carbons (Fsp3) is 0.235. The molecular weight excluding hydrogens is 252 g/mol. The van der Waals surface area contributed by atoms with Crippen LogP contribution in [0.25, 0.3) is 12.2 Å². The molecule has 1 rings (SSSR count). The van der Waals surface area contributed by atoms with Gasteiger partial charge in [-0.3, -0.25) is 0 Å². The zero-order valence-electron chi connectivity index (χ0n) is 12.1. The van der Waals surface area contributed by atoms with Crippen molar-refractivity contribution in [1.82, 2.24) is 0 Å². The van der Waals surface area contributed by atoms with Crippen LogP contribution in [0.15, 0.2) is 49.1 Å². The van der Waals surface area contributed by atoms with Crippen LogP contribution in [0.1, 0.15) is 25.0 Å². The molecule has 0 unspecified atom stereocenters. The van der Waals surface area contributed by atoms with Gasteiger partial charge < -0.3 is 9.84 Å². The number of aliphatic hydroxyl groups excluding tert-OH is 1. The van der Waals surface area contributed by atoms with Crippen molar-refractivity contribution >= 4 is 18.1 Å². The largest absolute Gasteiger partial charge is 0.460 e. The summed E-state index contributed by atoms with van der Waals surface area (Å²) >= 11 is 0. The highest BCUT2D eigenvalue weighted by atomic mass is 16.5. The summed E-state index contributed by atoms with van der Waals surface area (Å²) in [5, 5.41) is 8.27. The maximum atomic E-state index is 10.7. The Labute approximate surface area is 120 Å². The number of rotatable bonds is 5. The molecule has 0 aliphatic rings. The van der Waals surface area contributed by atoms with Gasteiger partial charge in [-0.25, -0.2) is 4.79 Å². The predicted molar refractivity (Wildman–Crippen MR) is 84.1 cm³/mol. The molecule has 0 bridgehead atoms. The van der Waals surface area contributed by atoms with E-state index >= 15 is 0 Å². The molecule has 3 nitrogen and oxygen atoms in total. The molecule has 3 heteroatoms. The lowest BCUT2D eigenvalue weighted by Crippen LogP contribution is -2.08. The van der Waals surface area contributed by atoms with Gasteiger partial charge in [0.15, 0.2) is 0 Å². The highest BCUT2D eigenvalue weighted by Crippen LogP contribution is 2.10. The molecule has 0 fully saturated rings. The lowest BCUT2D eigenvalue weighted by atomic mass is 10.1. The van der Waals surface area contributed by atoms with Crippen molar-refractivity contribution in [1.29, 1.82) is 0 Å². The van der Waals surface area contributed by atoms with E-state index < -0.39 is 0 Å². The number of allylic oxidation sites excluding steroid dienone is 1. The molecule has 0 radical (unpaired) electrons. The van der Waals surface area contributed by atoms with E-state index in [2.05, 4.69) is 17.9 Å². The van der Waals surface area contributed by atoms with Crippen LogP contribution in [0, 0.1) is 0 Å². The Morgan fingerprint density at radius 2 is 1.75 bits per heavy atom. The predicted octanol–water partition coefficient (Wildman–Crippen LogP) is 3.46. The number of carbonyl (C=O) groups excluding carboxylic acids is 1. The minimum Gasteiger partial charge on any atom is -0.460 e. The third kappa shape index (κ3) is 6.71. The number of carbonyl (C=O) groups is 1. The molecule has 0 atom stereocenters. The second-order valence-corrected chi connectivity index (χ2v) is 3.87. The van der Waals surface area contributed by atoms with Crippen LogP contribution >= 0.6 is 0 Å². The quantitative estimate of drug-likeness (QED) is 0.660. The van der Waals surface area contributed by atoms with Crippen LogP contribution < -0.4 is 0 Å². The molecule has 0 heterocycles. The summed E-state index contributed by atoms with van der Waals surface area (Å²) in [5.74, 6) is -0.364. The summed E-state index contributed by atoms with van der Waals surface area (Å²) in [6, 6.07) is 8.02. The number of benzene rings is 1. The van der Waals surface area contributed by atoms with Gasteiger partial charge in [-0.15, -0.1) is 0 Å². The van der Waals surface area contributed by atoms with Gasteiger partial charge in [0.25, 0.3) is 0 Å². The second-order valence-electron chi connectivity index (χ2n) is 3.87. The van der Waals surface area contributed by atoms with Gasteiger partial charge in [0.05, 0.1) is 6.61 Å². The number of ether oxygens (including phenoxy) is 1. The molecule has 0 aliphatic carbocycles. The van der Waals surface area contributed by atoms with Crippen molar-refractivity contribution in [3.63, 3.8) is 0 Å². The fourth-order valence-electron chi connectivity index (χ4n) is 1.25. The van der Waals surface area contributed by atoms with E-state index in [-0.39, 0.29) is 19.2 Å².